The number of hydrogen-bond acceptors (Lipinski definition) is 3. The van der Waals surface area contributed by atoms with Gasteiger partial charge in [-0.2, -0.15) is 0 Å². The number of halogens is 1. The lowest BCUT2D eigenvalue weighted by molar-refractivity contribution is -0.143. The molecule has 0 heterocycles. The highest BCUT2D eigenvalue weighted by molar-refractivity contribution is 7.96. The minimum absolute atomic E-state index is 0. The molecule has 0 unspecified atom stereocenters. The summed E-state index contributed by atoms with van der Waals surface area (Å²) in [6, 6.07) is 31.1. The quantitative estimate of drug-likeness (QED) is 0.250. The standard InChI is InChI=1S/C27H30NO3P.ClH/c1-2-31-27(30)20-12-13-21-28-26(29)22-32(23-14-6-3-7-15-23,24-16-8-4-9-17-24)25-18-10-5-11-19-25;/h3-11,14-19H,2,12-13,20-22H2,1H3;1H. The predicted octanol–water partition coefficient (Wildman–Crippen LogP) is 0.834. The summed E-state index contributed by atoms with van der Waals surface area (Å²) in [5.41, 5.74) is 0. The molecule has 6 heteroatoms. The van der Waals surface area contributed by atoms with E-state index in [0.29, 0.717) is 32.2 Å². The molecule has 0 bridgehead atoms. The Kier molecular flexibility index (Phi) is 11.1. The summed E-state index contributed by atoms with van der Waals surface area (Å²) in [5, 5.41) is 6.66. The molecule has 0 aliphatic carbocycles. The van der Waals surface area contributed by atoms with E-state index in [1.807, 2.05) is 54.6 Å². The molecule has 174 valence electrons. The molecule has 0 saturated heterocycles. The fraction of sp³-hybridized carbons (Fsp3) is 0.259. The van der Waals surface area contributed by atoms with Crippen molar-refractivity contribution in [3.63, 3.8) is 0 Å². The lowest BCUT2D eigenvalue weighted by Gasteiger charge is -2.27. The van der Waals surface area contributed by atoms with Gasteiger partial charge in [0.2, 0.25) is 0 Å². The van der Waals surface area contributed by atoms with Crippen molar-refractivity contribution in [2.45, 2.75) is 26.2 Å². The van der Waals surface area contributed by atoms with Gasteiger partial charge in [-0.25, -0.2) is 0 Å². The Hall–Kier alpha value is -2.68. The van der Waals surface area contributed by atoms with Crippen LogP contribution in [0.15, 0.2) is 91.0 Å². The maximum Gasteiger partial charge on any atom is 0.305 e. The third-order valence-electron chi connectivity index (χ3n) is 5.41. The van der Waals surface area contributed by atoms with Crippen molar-refractivity contribution in [2.75, 3.05) is 19.3 Å². The van der Waals surface area contributed by atoms with E-state index in [-0.39, 0.29) is 24.3 Å². The van der Waals surface area contributed by atoms with Crippen molar-refractivity contribution in [3.05, 3.63) is 91.0 Å². The molecule has 0 aliphatic heterocycles. The third kappa shape index (κ3) is 7.15. The van der Waals surface area contributed by atoms with Gasteiger partial charge in [0.25, 0.3) is 5.91 Å². The SMILES string of the molecule is CCOC(=O)CCCCNC(=O)C[P+](c1ccccc1)(c1ccccc1)c1ccccc1.[Cl-]. The first-order chi connectivity index (χ1) is 15.7. The molecule has 1 N–H and O–H groups in total. The van der Waals surface area contributed by atoms with Gasteiger partial charge < -0.3 is 22.5 Å². The van der Waals surface area contributed by atoms with E-state index < -0.39 is 7.26 Å². The van der Waals surface area contributed by atoms with Gasteiger partial charge in [0.1, 0.15) is 23.2 Å². The molecular weight excluding hydrogens is 453 g/mol. The fourth-order valence-electron chi connectivity index (χ4n) is 3.90. The molecular formula is C27H31ClNO3P. The number of ether oxygens (including phenoxy) is 1. The van der Waals surface area contributed by atoms with Crippen LogP contribution in [-0.4, -0.2) is 31.2 Å². The van der Waals surface area contributed by atoms with Crippen molar-refractivity contribution >= 4 is 35.1 Å². The first kappa shape index (κ1) is 26.6. The highest BCUT2D eigenvalue weighted by Gasteiger charge is 2.47. The molecule has 3 rings (SSSR count). The van der Waals surface area contributed by atoms with Crippen molar-refractivity contribution in [2.24, 2.45) is 0 Å². The number of benzene rings is 3. The molecule has 4 nitrogen and oxygen atoms in total. The number of rotatable bonds is 11. The van der Waals surface area contributed by atoms with Crippen molar-refractivity contribution in [1.82, 2.24) is 5.32 Å². The van der Waals surface area contributed by atoms with Gasteiger partial charge in [0, 0.05) is 13.0 Å². The molecule has 3 aromatic rings. The van der Waals surface area contributed by atoms with E-state index in [9.17, 15) is 9.59 Å². The Morgan fingerprint density at radius 1 is 0.758 bits per heavy atom. The summed E-state index contributed by atoms with van der Waals surface area (Å²) in [5.74, 6) is -0.146. The highest BCUT2D eigenvalue weighted by atomic mass is 35.5. The maximum absolute atomic E-state index is 13.2. The van der Waals surface area contributed by atoms with E-state index in [2.05, 4.69) is 41.7 Å². The van der Waals surface area contributed by atoms with Gasteiger partial charge >= 0.3 is 5.97 Å². The van der Waals surface area contributed by atoms with Crippen LogP contribution in [0.3, 0.4) is 0 Å². The summed E-state index contributed by atoms with van der Waals surface area (Å²) >= 11 is 0. The highest BCUT2D eigenvalue weighted by Crippen LogP contribution is 2.54. The van der Waals surface area contributed by atoms with Gasteiger partial charge in [0.05, 0.1) is 6.61 Å². The van der Waals surface area contributed by atoms with Gasteiger partial charge in [-0.05, 0) is 56.2 Å². The summed E-state index contributed by atoms with van der Waals surface area (Å²) in [7, 11) is -2.18. The Morgan fingerprint density at radius 3 is 1.64 bits per heavy atom. The van der Waals surface area contributed by atoms with Gasteiger partial charge in [-0.15, -0.1) is 0 Å². The topological polar surface area (TPSA) is 55.4 Å². The number of nitrogens with one attached hydrogen (secondary N) is 1. The molecule has 0 saturated carbocycles. The van der Waals surface area contributed by atoms with Crippen LogP contribution in [0.2, 0.25) is 0 Å². The summed E-state index contributed by atoms with van der Waals surface area (Å²) in [6.07, 6.45) is 2.25. The molecule has 0 aliphatic rings. The second kappa shape index (κ2) is 13.8. The average Bonchev–Trinajstić information content (AvgIpc) is 2.84. The zero-order valence-corrected chi connectivity index (χ0v) is 20.6. The molecule has 0 atom stereocenters. The van der Waals surface area contributed by atoms with Crippen LogP contribution >= 0.6 is 7.26 Å². The summed E-state index contributed by atoms with van der Waals surface area (Å²) in [6.45, 7) is 2.76. The lowest BCUT2D eigenvalue weighted by atomic mass is 10.2. The van der Waals surface area contributed by atoms with Crippen molar-refractivity contribution < 1.29 is 26.7 Å². The number of unbranched alkanes of at least 4 members (excludes halogenated alkanes) is 1. The first-order valence-electron chi connectivity index (χ1n) is 11.1. The van der Waals surface area contributed by atoms with Gasteiger partial charge in [-0.3, -0.25) is 9.59 Å². The second-order valence-corrected chi connectivity index (χ2v) is 11.1. The van der Waals surface area contributed by atoms with Crippen LogP contribution in [0.25, 0.3) is 0 Å². The van der Waals surface area contributed by atoms with Crippen LogP contribution < -0.4 is 33.6 Å². The van der Waals surface area contributed by atoms with Crippen molar-refractivity contribution in [3.8, 4) is 0 Å². The Labute approximate surface area is 203 Å². The van der Waals surface area contributed by atoms with Crippen LogP contribution in [0.4, 0.5) is 0 Å². The number of carbonyl (C=O) groups excluding carboxylic acids is 2. The Morgan fingerprint density at radius 2 is 1.21 bits per heavy atom. The molecule has 3 aromatic carbocycles. The summed E-state index contributed by atoms with van der Waals surface area (Å²) in [4.78, 5) is 24.7. The van der Waals surface area contributed by atoms with E-state index in [1.165, 1.54) is 15.9 Å². The van der Waals surface area contributed by atoms with Gasteiger partial charge in [0.15, 0.2) is 6.16 Å². The normalized spacial score (nSPS) is 10.7. The average molecular weight is 484 g/mol. The maximum atomic E-state index is 13.2. The molecule has 1 amide bonds. The number of amides is 1. The van der Waals surface area contributed by atoms with Gasteiger partial charge in [-0.1, -0.05) is 54.6 Å². The van der Waals surface area contributed by atoms with Crippen LogP contribution in [0.1, 0.15) is 26.2 Å². The number of esters is 1. The van der Waals surface area contributed by atoms with E-state index in [1.54, 1.807) is 6.92 Å². The van der Waals surface area contributed by atoms with Crippen molar-refractivity contribution in [1.29, 1.82) is 0 Å². The number of hydrogen-bond donors (Lipinski definition) is 1. The minimum atomic E-state index is -2.18. The van der Waals surface area contributed by atoms with E-state index in [0.717, 1.165) is 6.42 Å². The monoisotopic (exact) mass is 483 g/mol. The first-order valence-corrected chi connectivity index (χ1v) is 13.1. The summed E-state index contributed by atoms with van der Waals surface area (Å²) < 4.78 is 4.96. The van der Waals surface area contributed by atoms with E-state index in [4.69, 9.17) is 4.74 Å². The molecule has 33 heavy (non-hydrogen) atoms. The smallest absolute Gasteiger partial charge is 0.305 e. The predicted molar refractivity (Wildman–Crippen MR) is 134 cm³/mol. The second-order valence-electron chi connectivity index (χ2n) is 7.59. The fourth-order valence-corrected chi connectivity index (χ4v) is 7.92. The molecule has 0 spiro atoms. The van der Waals surface area contributed by atoms with Crippen LogP contribution in [0.5, 0.6) is 0 Å². The largest absolute Gasteiger partial charge is 1.00 e. The molecule has 0 radical (unpaired) electrons. The van der Waals surface area contributed by atoms with Crippen LogP contribution in [-0.2, 0) is 14.3 Å². The lowest BCUT2D eigenvalue weighted by Crippen LogP contribution is -3.00. The van der Waals surface area contributed by atoms with E-state index >= 15 is 0 Å². The Bertz CT molecular complexity index is 887. The van der Waals surface area contributed by atoms with Crippen LogP contribution in [0, 0.1) is 0 Å². The third-order valence-corrected chi connectivity index (χ3v) is 9.71. The molecule has 0 fully saturated rings. The zero-order valence-electron chi connectivity index (χ0n) is 19.0. The molecule has 0 aromatic heterocycles. The number of carbonyl (C=O) groups is 2. The zero-order chi connectivity index (χ0) is 22.7. The minimum Gasteiger partial charge on any atom is -1.00 e. The Balaban J connectivity index is 0.00000385.